The summed E-state index contributed by atoms with van der Waals surface area (Å²) in [5, 5.41) is 0. The van der Waals surface area contributed by atoms with Gasteiger partial charge in [-0.25, -0.2) is 0 Å². The van der Waals surface area contributed by atoms with Gasteiger partial charge in [0.2, 0.25) is 0 Å². The van der Waals surface area contributed by atoms with E-state index in [0.29, 0.717) is 0 Å². The molecule has 0 amide bonds. The predicted molar refractivity (Wildman–Crippen MR) is 86.9 cm³/mol. The lowest BCUT2D eigenvalue weighted by Gasteiger charge is -2.02. The van der Waals surface area contributed by atoms with Gasteiger partial charge in [0.15, 0.2) is 0 Å². The second-order valence-corrected chi connectivity index (χ2v) is 5.77. The van der Waals surface area contributed by atoms with E-state index in [1.807, 2.05) is 0 Å². The van der Waals surface area contributed by atoms with E-state index in [0.717, 1.165) is 12.8 Å². The largest absolute Gasteiger partial charge is 0.324 e. The number of pyridine rings is 2. The fourth-order valence-corrected chi connectivity index (χ4v) is 2.99. The molecule has 4 aromatic heterocycles. The van der Waals surface area contributed by atoms with Gasteiger partial charge < -0.3 is 8.80 Å². The first-order chi connectivity index (χ1) is 10.3. The second-order valence-electron chi connectivity index (χ2n) is 5.77. The van der Waals surface area contributed by atoms with Gasteiger partial charge in [-0.15, -0.1) is 0 Å². The van der Waals surface area contributed by atoms with Crippen LogP contribution in [0.15, 0.2) is 67.3 Å². The van der Waals surface area contributed by atoms with Crippen LogP contribution in [0.4, 0.5) is 0 Å². The van der Waals surface area contributed by atoms with Crippen molar-refractivity contribution >= 4 is 11.0 Å². The Bertz CT molecular complexity index is 879. The summed E-state index contributed by atoms with van der Waals surface area (Å²) < 4.78 is 4.41. The molecule has 0 aliphatic carbocycles. The topological polar surface area (TPSA) is 8.82 Å². The summed E-state index contributed by atoms with van der Waals surface area (Å²) in [5.74, 6) is 0. The van der Waals surface area contributed by atoms with E-state index in [1.165, 1.54) is 27.7 Å². The van der Waals surface area contributed by atoms with Crippen molar-refractivity contribution in [3.05, 3.63) is 83.9 Å². The molecule has 0 aliphatic heterocycles. The van der Waals surface area contributed by atoms with Gasteiger partial charge in [0.1, 0.15) is 0 Å². The zero-order valence-corrected chi connectivity index (χ0v) is 12.2. The van der Waals surface area contributed by atoms with E-state index in [2.05, 4.69) is 83.0 Å². The zero-order valence-electron chi connectivity index (χ0n) is 12.2. The minimum absolute atomic E-state index is 1.07. The molecule has 0 radical (unpaired) electrons. The summed E-state index contributed by atoms with van der Waals surface area (Å²) >= 11 is 0. The molecule has 4 aromatic rings. The predicted octanol–water partition coefficient (Wildman–Crippen LogP) is 4.29. The van der Waals surface area contributed by atoms with Gasteiger partial charge in [-0.05, 0) is 66.8 Å². The van der Waals surface area contributed by atoms with E-state index >= 15 is 0 Å². The molecule has 2 nitrogen and oxygen atoms in total. The lowest BCUT2D eigenvalue weighted by molar-refractivity contribution is 0.942. The highest BCUT2D eigenvalue weighted by Crippen LogP contribution is 2.15. The van der Waals surface area contributed by atoms with Crippen molar-refractivity contribution < 1.29 is 0 Å². The molecule has 0 bridgehead atoms. The summed E-state index contributed by atoms with van der Waals surface area (Å²) in [4.78, 5) is 0. The third-order valence-corrected chi connectivity index (χ3v) is 4.05. The quantitative estimate of drug-likeness (QED) is 0.527. The van der Waals surface area contributed by atoms with Crippen LogP contribution in [0.5, 0.6) is 0 Å². The monoisotopic (exact) mass is 274 g/mol. The van der Waals surface area contributed by atoms with Crippen LogP contribution < -0.4 is 0 Å². The Hall–Kier alpha value is -2.48. The molecule has 0 N–H and O–H groups in total. The molecular weight excluding hydrogens is 256 g/mol. The average molecular weight is 274 g/mol. The van der Waals surface area contributed by atoms with E-state index in [9.17, 15) is 0 Å². The Morgan fingerprint density at radius 2 is 1.57 bits per heavy atom. The van der Waals surface area contributed by atoms with Crippen LogP contribution >= 0.6 is 0 Å². The molecule has 0 spiro atoms. The third-order valence-electron chi connectivity index (χ3n) is 4.05. The molecule has 0 aromatic carbocycles. The van der Waals surface area contributed by atoms with Crippen LogP contribution in [0.3, 0.4) is 0 Å². The van der Waals surface area contributed by atoms with E-state index in [1.54, 1.807) is 0 Å². The number of aromatic nitrogens is 2. The molecule has 0 aliphatic rings. The molecular formula is C19H18N2. The molecule has 0 fully saturated rings. The molecule has 0 unspecified atom stereocenters. The maximum atomic E-state index is 2.28. The first-order valence-electron chi connectivity index (χ1n) is 7.41. The molecule has 4 rings (SSSR count). The Kier molecular flexibility index (Phi) is 2.81. The van der Waals surface area contributed by atoms with Crippen LogP contribution in [0.25, 0.3) is 11.0 Å². The summed E-state index contributed by atoms with van der Waals surface area (Å²) in [7, 11) is 0. The Morgan fingerprint density at radius 1 is 0.762 bits per heavy atom. The molecule has 0 saturated heterocycles. The second kappa shape index (κ2) is 4.81. The lowest BCUT2D eigenvalue weighted by Crippen LogP contribution is -1.92. The highest BCUT2D eigenvalue weighted by atomic mass is 14.9. The van der Waals surface area contributed by atoms with Gasteiger partial charge in [0.25, 0.3) is 0 Å². The Labute approximate surface area is 124 Å². The summed E-state index contributed by atoms with van der Waals surface area (Å²) in [6, 6.07) is 15.2. The maximum absolute atomic E-state index is 2.28. The van der Waals surface area contributed by atoms with Crippen LogP contribution in [0.2, 0.25) is 0 Å². The van der Waals surface area contributed by atoms with Crippen LogP contribution in [0.1, 0.15) is 16.7 Å². The van der Waals surface area contributed by atoms with Gasteiger partial charge in [0.05, 0.1) is 0 Å². The number of hydrogen-bond donors (Lipinski definition) is 0. The minimum Gasteiger partial charge on any atom is -0.324 e. The van der Waals surface area contributed by atoms with E-state index in [4.69, 9.17) is 0 Å². The van der Waals surface area contributed by atoms with Crippen molar-refractivity contribution in [3.8, 4) is 0 Å². The maximum Gasteiger partial charge on any atom is 0.0452 e. The molecule has 4 heterocycles. The molecule has 104 valence electrons. The Morgan fingerprint density at radius 3 is 2.48 bits per heavy atom. The van der Waals surface area contributed by atoms with Crippen LogP contribution in [0, 0.1) is 6.92 Å². The molecule has 0 atom stereocenters. The summed E-state index contributed by atoms with van der Waals surface area (Å²) in [5.41, 5.74) is 6.62. The van der Waals surface area contributed by atoms with Crippen molar-refractivity contribution in [2.45, 2.75) is 19.8 Å². The lowest BCUT2D eigenvalue weighted by atomic mass is 10.1. The number of nitrogens with zero attached hydrogens (tertiary/aromatic N) is 2. The van der Waals surface area contributed by atoms with Gasteiger partial charge in [0, 0.05) is 35.8 Å². The first-order valence-corrected chi connectivity index (χ1v) is 7.41. The number of rotatable bonds is 3. The van der Waals surface area contributed by atoms with Crippen molar-refractivity contribution in [2.24, 2.45) is 0 Å². The van der Waals surface area contributed by atoms with E-state index in [-0.39, 0.29) is 0 Å². The summed E-state index contributed by atoms with van der Waals surface area (Å²) in [6.07, 6.45) is 10.9. The van der Waals surface area contributed by atoms with Gasteiger partial charge in [-0.3, -0.25) is 0 Å². The Balaban J connectivity index is 1.56. The molecule has 2 heteroatoms. The normalized spacial score (nSPS) is 11.5. The van der Waals surface area contributed by atoms with Crippen molar-refractivity contribution in [1.29, 1.82) is 0 Å². The SMILES string of the molecule is Cc1cc2ccc(CCc3cc4ccccn4c3)cn2c1. The highest BCUT2D eigenvalue weighted by Gasteiger charge is 2.02. The van der Waals surface area contributed by atoms with Crippen molar-refractivity contribution in [3.63, 3.8) is 0 Å². The smallest absolute Gasteiger partial charge is 0.0452 e. The van der Waals surface area contributed by atoms with Crippen LogP contribution in [-0.4, -0.2) is 8.80 Å². The summed E-state index contributed by atoms with van der Waals surface area (Å²) in [6.45, 7) is 2.14. The van der Waals surface area contributed by atoms with Gasteiger partial charge in [-0.1, -0.05) is 12.1 Å². The average Bonchev–Trinajstić information content (AvgIpc) is 3.06. The molecule has 21 heavy (non-hydrogen) atoms. The minimum atomic E-state index is 1.07. The number of aryl methyl sites for hydroxylation is 3. The standard InChI is InChI=1S/C19H18N2/c1-15-10-19-8-7-16(13-21(19)12-15)5-6-17-11-18-4-2-3-9-20(18)14-17/h2-4,7-14H,5-6H2,1H3. The van der Waals surface area contributed by atoms with Gasteiger partial charge >= 0.3 is 0 Å². The fraction of sp³-hybridized carbons (Fsp3) is 0.158. The van der Waals surface area contributed by atoms with Crippen molar-refractivity contribution in [2.75, 3.05) is 0 Å². The van der Waals surface area contributed by atoms with Crippen molar-refractivity contribution in [1.82, 2.24) is 8.80 Å². The van der Waals surface area contributed by atoms with E-state index < -0.39 is 0 Å². The van der Waals surface area contributed by atoms with Gasteiger partial charge in [-0.2, -0.15) is 0 Å². The fourth-order valence-electron chi connectivity index (χ4n) is 2.99. The zero-order chi connectivity index (χ0) is 14.2. The first kappa shape index (κ1) is 12.3. The number of fused-ring (bicyclic) bond motifs is 2. The number of hydrogen-bond acceptors (Lipinski definition) is 0. The molecule has 0 saturated carbocycles. The third kappa shape index (κ3) is 2.33. The highest BCUT2D eigenvalue weighted by molar-refractivity contribution is 5.52. The van der Waals surface area contributed by atoms with Crippen LogP contribution in [-0.2, 0) is 12.8 Å².